The fourth-order valence-electron chi connectivity index (χ4n) is 1.31. The number of hydrogen-bond donors (Lipinski definition) is 1. The van der Waals surface area contributed by atoms with Crippen LogP contribution in [0.4, 0.5) is 4.79 Å². The second-order valence-electron chi connectivity index (χ2n) is 3.80. The SMILES string of the molecule is CN(CCN1C(=O)CSC1=O)C(=O)CSCC(=O)O. The summed E-state index contributed by atoms with van der Waals surface area (Å²) < 4.78 is 0. The summed E-state index contributed by atoms with van der Waals surface area (Å²) in [4.78, 5) is 47.0. The summed E-state index contributed by atoms with van der Waals surface area (Å²) in [6.45, 7) is 0.432. The van der Waals surface area contributed by atoms with Crippen molar-refractivity contribution in [2.45, 2.75) is 0 Å². The fourth-order valence-corrected chi connectivity index (χ4v) is 2.73. The van der Waals surface area contributed by atoms with Crippen LogP contribution < -0.4 is 0 Å². The van der Waals surface area contributed by atoms with Crippen LogP contribution >= 0.6 is 23.5 Å². The quantitative estimate of drug-likeness (QED) is 0.705. The average molecular weight is 306 g/mol. The van der Waals surface area contributed by atoms with Crippen LogP contribution in [0.5, 0.6) is 0 Å². The number of carbonyl (C=O) groups is 4. The van der Waals surface area contributed by atoms with Crippen molar-refractivity contribution in [3.63, 3.8) is 0 Å². The molecule has 0 spiro atoms. The number of rotatable bonds is 7. The van der Waals surface area contributed by atoms with Gasteiger partial charge < -0.3 is 10.0 Å². The molecule has 0 radical (unpaired) electrons. The Morgan fingerprint density at radius 2 is 2.11 bits per heavy atom. The van der Waals surface area contributed by atoms with Gasteiger partial charge in [-0.1, -0.05) is 11.8 Å². The molecule has 0 aromatic heterocycles. The van der Waals surface area contributed by atoms with Gasteiger partial charge in [0.15, 0.2) is 0 Å². The van der Waals surface area contributed by atoms with Crippen LogP contribution in [0.15, 0.2) is 0 Å². The maximum Gasteiger partial charge on any atom is 0.313 e. The van der Waals surface area contributed by atoms with Gasteiger partial charge in [-0.2, -0.15) is 0 Å². The van der Waals surface area contributed by atoms with Gasteiger partial charge in [0.2, 0.25) is 11.8 Å². The number of carboxylic acids is 1. The van der Waals surface area contributed by atoms with E-state index < -0.39 is 5.97 Å². The number of hydrogen-bond acceptors (Lipinski definition) is 6. The van der Waals surface area contributed by atoms with Gasteiger partial charge in [0.25, 0.3) is 5.24 Å². The largest absolute Gasteiger partial charge is 0.481 e. The third kappa shape index (κ3) is 5.11. The van der Waals surface area contributed by atoms with Gasteiger partial charge >= 0.3 is 5.97 Å². The second-order valence-corrected chi connectivity index (χ2v) is 5.71. The number of thioether (sulfide) groups is 2. The maximum atomic E-state index is 11.6. The lowest BCUT2D eigenvalue weighted by molar-refractivity contribution is -0.134. The van der Waals surface area contributed by atoms with Gasteiger partial charge in [-0.3, -0.25) is 24.1 Å². The van der Waals surface area contributed by atoms with Crippen LogP contribution in [0.3, 0.4) is 0 Å². The highest BCUT2D eigenvalue weighted by atomic mass is 32.2. The molecular weight excluding hydrogens is 292 g/mol. The predicted molar refractivity (Wildman–Crippen MR) is 72.2 cm³/mol. The summed E-state index contributed by atoms with van der Waals surface area (Å²) in [5.41, 5.74) is 0. The minimum Gasteiger partial charge on any atom is -0.481 e. The zero-order valence-electron chi connectivity index (χ0n) is 10.3. The zero-order chi connectivity index (χ0) is 14.4. The lowest BCUT2D eigenvalue weighted by atomic mass is 10.4. The molecule has 106 valence electrons. The lowest BCUT2D eigenvalue weighted by Crippen LogP contribution is -2.39. The van der Waals surface area contributed by atoms with E-state index in [0.717, 1.165) is 28.4 Å². The molecule has 0 saturated carbocycles. The van der Waals surface area contributed by atoms with E-state index in [2.05, 4.69) is 0 Å². The highest BCUT2D eigenvalue weighted by Gasteiger charge is 2.29. The number of aliphatic carboxylic acids is 1. The van der Waals surface area contributed by atoms with Crippen LogP contribution in [0, 0.1) is 0 Å². The first-order chi connectivity index (χ1) is 8.91. The number of carboxylic acid groups (broad SMARTS) is 1. The van der Waals surface area contributed by atoms with Crippen molar-refractivity contribution < 1.29 is 24.3 Å². The van der Waals surface area contributed by atoms with Crippen molar-refractivity contribution in [2.24, 2.45) is 0 Å². The molecular formula is C10H14N2O5S2. The molecule has 1 N–H and O–H groups in total. The summed E-state index contributed by atoms with van der Waals surface area (Å²) in [5, 5.41) is 8.15. The van der Waals surface area contributed by atoms with Gasteiger partial charge in [-0.05, 0) is 0 Å². The van der Waals surface area contributed by atoms with Crippen LogP contribution in [0.2, 0.25) is 0 Å². The second kappa shape index (κ2) is 7.39. The molecule has 1 heterocycles. The Morgan fingerprint density at radius 1 is 1.42 bits per heavy atom. The Morgan fingerprint density at radius 3 is 2.63 bits per heavy atom. The molecule has 0 aromatic rings. The Balaban J connectivity index is 2.28. The van der Waals surface area contributed by atoms with Gasteiger partial charge in [0.1, 0.15) is 0 Å². The molecule has 3 amide bonds. The van der Waals surface area contributed by atoms with E-state index in [0.29, 0.717) is 0 Å². The first kappa shape index (κ1) is 15.8. The van der Waals surface area contributed by atoms with Crippen molar-refractivity contribution in [2.75, 3.05) is 37.4 Å². The first-order valence-corrected chi connectivity index (χ1v) is 7.56. The van der Waals surface area contributed by atoms with Crippen LogP contribution in [0.25, 0.3) is 0 Å². The number of carbonyl (C=O) groups excluding carboxylic acids is 3. The number of nitrogens with zero attached hydrogens (tertiary/aromatic N) is 2. The van der Waals surface area contributed by atoms with Crippen molar-refractivity contribution >= 4 is 46.5 Å². The topological polar surface area (TPSA) is 95.0 Å². The van der Waals surface area contributed by atoms with Crippen molar-refractivity contribution in [3.8, 4) is 0 Å². The summed E-state index contributed by atoms with van der Waals surface area (Å²) in [6, 6.07) is 0. The van der Waals surface area contributed by atoms with Gasteiger partial charge in [-0.15, -0.1) is 11.8 Å². The normalized spacial score (nSPS) is 14.9. The molecule has 0 aromatic carbocycles. The van der Waals surface area contributed by atoms with E-state index in [4.69, 9.17) is 5.11 Å². The Labute approximate surface area is 118 Å². The first-order valence-electron chi connectivity index (χ1n) is 5.42. The van der Waals surface area contributed by atoms with E-state index in [9.17, 15) is 19.2 Å². The summed E-state index contributed by atoms with van der Waals surface area (Å²) >= 11 is 1.97. The molecule has 0 aliphatic carbocycles. The molecule has 19 heavy (non-hydrogen) atoms. The number of likely N-dealkylation sites (N-methyl/N-ethyl adjacent to an activating group) is 1. The zero-order valence-corrected chi connectivity index (χ0v) is 12.0. The van der Waals surface area contributed by atoms with Crippen LogP contribution in [-0.2, 0) is 14.4 Å². The minimum atomic E-state index is -0.967. The van der Waals surface area contributed by atoms with Gasteiger partial charge in [-0.25, -0.2) is 0 Å². The third-order valence-electron chi connectivity index (χ3n) is 2.38. The highest BCUT2D eigenvalue weighted by Crippen LogP contribution is 2.18. The Hall–Kier alpha value is -1.22. The molecule has 0 atom stereocenters. The molecule has 1 aliphatic heterocycles. The smallest absolute Gasteiger partial charge is 0.313 e. The molecule has 0 bridgehead atoms. The summed E-state index contributed by atoms with van der Waals surface area (Å²) in [7, 11) is 1.56. The molecule has 9 heteroatoms. The molecule has 0 unspecified atom stereocenters. The molecule has 7 nitrogen and oxygen atoms in total. The predicted octanol–water partition coefficient (Wildman–Crippen LogP) is -0.0420. The Bertz CT molecular complexity index is 385. The van der Waals surface area contributed by atoms with Crippen molar-refractivity contribution in [3.05, 3.63) is 0 Å². The van der Waals surface area contributed by atoms with E-state index >= 15 is 0 Å². The maximum absolute atomic E-state index is 11.6. The van der Waals surface area contributed by atoms with Crippen LogP contribution in [0.1, 0.15) is 0 Å². The van der Waals surface area contributed by atoms with Crippen LogP contribution in [-0.4, -0.2) is 75.3 Å². The van der Waals surface area contributed by atoms with E-state index in [-0.39, 0.29) is 47.4 Å². The van der Waals surface area contributed by atoms with Crippen molar-refractivity contribution in [1.29, 1.82) is 0 Å². The van der Waals surface area contributed by atoms with Crippen molar-refractivity contribution in [1.82, 2.24) is 9.80 Å². The lowest BCUT2D eigenvalue weighted by Gasteiger charge is -2.20. The average Bonchev–Trinajstić information content (AvgIpc) is 2.65. The molecule has 1 rings (SSSR count). The Kier molecular flexibility index (Phi) is 6.16. The summed E-state index contributed by atoms with van der Waals surface area (Å²) in [5.74, 6) is -1.33. The van der Waals surface area contributed by atoms with Gasteiger partial charge in [0.05, 0.1) is 17.3 Å². The van der Waals surface area contributed by atoms with Gasteiger partial charge in [0, 0.05) is 20.1 Å². The monoisotopic (exact) mass is 306 g/mol. The van der Waals surface area contributed by atoms with E-state index in [1.807, 2.05) is 0 Å². The fraction of sp³-hybridized carbons (Fsp3) is 0.600. The number of imide groups is 1. The number of amides is 3. The third-order valence-corrected chi connectivity index (χ3v) is 4.14. The standard InChI is InChI=1S/C10H14N2O5S2/c1-11(7(13)4-18-6-9(15)16)2-3-12-8(14)5-19-10(12)17/h2-6H2,1H3,(H,15,16). The molecule has 1 fully saturated rings. The van der Waals surface area contributed by atoms with E-state index in [1.165, 1.54) is 4.90 Å². The highest BCUT2D eigenvalue weighted by molar-refractivity contribution is 8.14. The molecule has 1 saturated heterocycles. The summed E-state index contributed by atoms with van der Waals surface area (Å²) in [6.07, 6.45) is 0. The van der Waals surface area contributed by atoms with E-state index in [1.54, 1.807) is 7.05 Å². The molecule has 1 aliphatic rings. The minimum absolute atomic E-state index is 0.0689.